The third kappa shape index (κ3) is 1.86. The number of benzene rings is 1. The zero-order chi connectivity index (χ0) is 6.53. The average Bonchev–Trinajstić information content (AvgIpc) is 1.91. The Morgan fingerprint density at radius 1 is 1.11 bits per heavy atom. The molecular weight excluding hydrogens is 112 g/mol. The van der Waals surface area contributed by atoms with E-state index in [-0.39, 0.29) is 0 Å². The molecule has 0 heterocycles. The highest BCUT2D eigenvalue weighted by atomic mass is 14.9. The van der Waals surface area contributed by atoms with Crippen molar-refractivity contribution in [3.8, 4) is 0 Å². The van der Waals surface area contributed by atoms with Crippen LogP contribution in [0.5, 0.6) is 0 Å². The summed E-state index contributed by atoms with van der Waals surface area (Å²) < 4.78 is 0. The fourth-order valence-electron chi connectivity index (χ4n) is 0.811. The summed E-state index contributed by atoms with van der Waals surface area (Å²) in [4.78, 5) is 0. The van der Waals surface area contributed by atoms with Crippen LogP contribution in [0, 0.1) is 0 Å². The highest BCUT2D eigenvalue weighted by Gasteiger charge is 1.84. The lowest BCUT2D eigenvalue weighted by Gasteiger charge is -1.93. The van der Waals surface area contributed by atoms with Gasteiger partial charge in [0.1, 0.15) is 0 Å². The molecule has 0 aliphatic rings. The first-order chi connectivity index (χ1) is 4.43. The molecule has 0 fully saturated rings. The van der Waals surface area contributed by atoms with Gasteiger partial charge in [0, 0.05) is 0 Å². The van der Waals surface area contributed by atoms with Crippen LogP contribution in [0.15, 0.2) is 30.3 Å². The van der Waals surface area contributed by atoms with Crippen molar-refractivity contribution in [1.82, 2.24) is 0 Å². The van der Waals surface area contributed by atoms with Gasteiger partial charge >= 0.3 is 0 Å². The zero-order valence-electron chi connectivity index (χ0n) is 5.38. The van der Waals surface area contributed by atoms with Crippen molar-refractivity contribution in [2.24, 2.45) is 5.73 Å². The lowest BCUT2D eigenvalue weighted by molar-refractivity contribution is 0.969. The molecule has 0 unspecified atom stereocenters. The van der Waals surface area contributed by atoms with E-state index in [2.05, 4.69) is 12.1 Å². The molecule has 0 spiro atoms. The topological polar surface area (TPSA) is 26.0 Å². The van der Waals surface area contributed by atoms with E-state index in [0.717, 1.165) is 13.0 Å². The molecule has 2 N–H and O–H groups in total. The predicted molar refractivity (Wildman–Crippen MR) is 39.2 cm³/mol. The Morgan fingerprint density at radius 2 is 1.78 bits per heavy atom. The average molecular weight is 123 g/mol. The third-order valence-electron chi connectivity index (χ3n) is 1.28. The number of nitrogens with two attached hydrogens (primary N) is 1. The van der Waals surface area contributed by atoms with Crippen LogP contribution < -0.4 is 5.73 Å². The maximum atomic E-state index is 5.36. The lowest BCUT2D eigenvalue weighted by Crippen LogP contribution is -2.01. The van der Waals surface area contributed by atoms with Gasteiger partial charge in [-0.3, -0.25) is 0 Å². The first-order valence-corrected chi connectivity index (χ1v) is 3.17. The van der Waals surface area contributed by atoms with E-state index >= 15 is 0 Å². The van der Waals surface area contributed by atoms with Crippen LogP contribution in [-0.2, 0) is 6.42 Å². The van der Waals surface area contributed by atoms with Gasteiger partial charge in [0.2, 0.25) is 0 Å². The van der Waals surface area contributed by atoms with E-state index in [1.807, 2.05) is 18.2 Å². The molecule has 0 saturated carbocycles. The first-order valence-electron chi connectivity index (χ1n) is 3.17. The molecule has 1 aromatic rings. The molecule has 1 aromatic carbocycles. The van der Waals surface area contributed by atoms with Gasteiger partial charge in [0.05, 0.1) is 0 Å². The van der Waals surface area contributed by atoms with Gasteiger partial charge in [-0.05, 0) is 18.5 Å². The molecule has 0 aromatic heterocycles. The Hall–Kier alpha value is -0.820. The van der Waals surface area contributed by atoms with E-state index < -0.39 is 0 Å². The Kier molecular flexibility index (Phi) is 2.28. The summed E-state index contributed by atoms with van der Waals surface area (Å²) in [5.41, 5.74) is 6.68. The second-order valence-corrected chi connectivity index (χ2v) is 2.02. The van der Waals surface area contributed by atoms with Gasteiger partial charge in [-0.2, -0.15) is 0 Å². The highest BCUT2D eigenvalue weighted by Crippen LogP contribution is 1.96. The predicted octanol–water partition coefficient (Wildman–Crippen LogP) is 1.19. The number of hydrogen-bond acceptors (Lipinski definition) is 1. The second kappa shape index (κ2) is 3.25. The quantitative estimate of drug-likeness (QED) is 0.587. The lowest BCUT2D eigenvalue weighted by atomic mass is 10.3. The molecule has 1 heteroatoms. The molecule has 1 rings (SSSR count). The van der Waals surface area contributed by atoms with Gasteiger partial charge in [-0.15, -0.1) is 0 Å². The Labute approximate surface area is 55.5 Å². The SMILES string of the molecule is N[13CH2][13CH2]c1ccccc1. The maximum Gasteiger partial charge on any atom is -0.00367 e. The van der Waals surface area contributed by atoms with Crippen molar-refractivity contribution >= 4 is 0 Å². The molecule has 0 amide bonds. The van der Waals surface area contributed by atoms with E-state index in [0.29, 0.717) is 0 Å². The summed E-state index contributed by atoms with van der Waals surface area (Å²) in [6, 6.07) is 10.3. The van der Waals surface area contributed by atoms with Crippen LogP contribution in [0.3, 0.4) is 0 Å². The van der Waals surface area contributed by atoms with E-state index in [1.165, 1.54) is 5.56 Å². The van der Waals surface area contributed by atoms with Crippen LogP contribution in [0.4, 0.5) is 0 Å². The van der Waals surface area contributed by atoms with Crippen LogP contribution in [0.2, 0.25) is 0 Å². The summed E-state index contributed by atoms with van der Waals surface area (Å²) in [5.74, 6) is 0. The summed E-state index contributed by atoms with van der Waals surface area (Å²) >= 11 is 0. The molecule has 1 nitrogen and oxygen atoms in total. The van der Waals surface area contributed by atoms with Crippen molar-refractivity contribution in [2.75, 3.05) is 6.54 Å². The molecule has 0 aliphatic heterocycles. The van der Waals surface area contributed by atoms with Crippen LogP contribution in [0.1, 0.15) is 5.56 Å². The standard InChI is InChI=1S/C8H11N/c9-7-6-8-4-2-1-3-5-8/h1-5H,6-7,9H2/i6+1,7+1. The van der Waals surface area contributed by atoms with Gasteiger partial charge in [0.25, 0.3) is 0 Å². The minimum atomic E-state index is 0.740. The number of rotatable bonds is 2. The highest BCUT2D eigenvalue weighted by molar-refractivity contribution is 5.14. The van der Waals surface area contributed by atoms with E-state index in [1.54, 1.807) is 0 Å². The van der Waals surface area contributed by atoms with Gasteiger partial charge in [-0.1, -0.05) is 30.3 Å². The normalized spacial score (nSPS) is 9.44. The molecule has 0 radical (unpaired) electrons. The van der Waals surface area contributed by atoms with E-state index in [4.69, 9.17) is 5.73 Å². The Balaban J connectivity index is 2.61. The third-order valence-corrected chi connectivity index (χ3v) is 1.28. The van der Waals surface area contributed by atoms with Crippen molar-refractivity contribution < 1.29 is 0 Å². The molecule has 0 saturated heterocycles. The fraction of sp³-hybridized carbons (Fsp3) is 0.250. The van der Waals surface area contributed by atoms with Crippen molar-refractivity contribution in [3.05, 3.63) is 35.9 Å². The molecule has 48 valence electrons. The molecule has 9 heavy (non-hydrogen) atoms. The smallest absolute Gasteiger partial charge is 0.00367 e. The largest absolute Gasteiger partial charge is 0.330 e. The van der Waals surface area contributed by atoms with Crippen LogP contribution in [0.25, 0.3) is 0 Å². The number of hydrogen-bond donors (Lipinski definition) is 1. The van der Waals surface area contributed by atoms with Gasteiger partial charge < -0.3 is 5.73 Å². The Bertz CT molecular complexity index is 157. The molecule has 0 atom stereocenters. The van der Waals surface area contributed by atoms with Crippen LogP contribution >= 0.6 is 0 Å². The van der Waals surface area contributed by atoms with Crippen molar-refractivity contribution in [2.45, 2.75) is 6.42 Å². The summed E-state index contributed by atoms with van der Waals surface area (Å²) in [5, 5.41) is 0. The Morgan fingerprint density at radius 3 is 2.33 bits per heavy atom. The summed E-state index contributed by atoms with van der Waals surface area (Å²) in [6.45, 7) is 0.740. The molecular formula is C8H11N. The molecule has 0 bridgehead atoms. The monoisotopic (exact) mass is 123 g/mol. The van der Waals surface area contributed by atoms with Gasteiger partial charge in [0.15, 0.2) is 0 Å². The zero-order valence-corrected chi connectivity index (χ0v) is 5.38. The maximum absolute atomic E-state index is 5.36. The molecule has 0 aliphatic carbocycles. The minimum Gasteiger partial charge on any atom is -0.330 e. The van der Waals surface area contributed by atoms with Crippen molar-refractivity contribution in [3.63, 3.8) is 0 Å². The van der Waals surface area contributed by atoms with E-state index in [9.17, 15) is 0 Å². The minimum absolute atomic E-state index is 0.740. The first kappa shape index (κ1) is 6.30. The van der Waals surface area contributed by atoms with Crippen molar-refractivity contribution in [1.29, 1.82) is 0 Å². The fourth-order valence-corrected chi connectivity index (χ4v) is 0.811. The van der Waals surface area contributed by atoms with Gasteiger partial charge in [-0.25, -0.2) is 0 Å². The summed E-state index contributed by atoms with van der Waals surface area (Å²) in [7, 11) is 0. The second-order valence-electron chi connectivity index (χ2n) is 2.02. The summed E-state index contributed by atoms with van der Waals surface area (Å²) in [6.07, 6.45) is 0.987. The van der Waals surface area contributed by atoms with Crippen LogP contribution in [-0.4, -0.2) is 6.54 Å².